The van der Waals surface area contributed by atoms with Crippen LogP contribution in [0.1, 0.15) is 25.1 Å². The van der Waals surface area contributed by atoms with E-state index >= 15 is 0 Å². The maximum Gasteiger partial charge on any atom is 0.228 e. The molecule has 1 unspecified atom stereocenters. The second-order valence-corrected chi connectivity index (χ2v) is 6.93. The molecule has 2 aromatic rings. The number of piperidine rings is 1. The molecule has 6 heteroatoms. The van der Waals surface area contributed by atoms with E-state index in [4.69, 9.17) is 0 Å². The van der Waals surface area contributed by atoms with Gasteiger partial charge in [0.1, 0.15) is 11.6 Å². The number of hydrogen-bond donors (Lipinski definition) is 2. The molecular formula is C18H21FN4O. The average molecular weight is 328 g/mol. The first-order valence-corrected chi connectivity index (χ1v) is 8.42. The van der Waals surface area contributed by atoms with Gasteiger partial charge in [-0.3, -0.25) is 9.69 Å². The van der Waals surface area contributed by atoms with Crippen molar-refractivity contribution in [2.24, 2.45) is 11.3 Å². The zero-order valence-electron chi connectivity index (χ0n) is 13.5. The highest BCUT2D eigenvalue weighted by atomic mass is 19.1. The summed E-state index contributed by atoms with van der Waals surface area (Å²) in [4.78, 5) is 22.2. The lowest BCUT2D eigenvalue weighted by atomic mass is 9.90. The second-order valence-electron chi connectivity index (χ2n) is 6.93. The second kappa shape index (κ2) is 6.02. The minimum atomic E-state index is -0.329. The van der Waals surface area contributed by atoms with Crippen molar-refractivity contribution < 1.29 is 9.18 Å². The van der Waals surface area contributed by atoms with Gasteiger partial charge in [-0.15, -0.1) is 0 Å². The van der Waals surface area contributed by atoms with Crippen LogP contribution in [0.2, 0.25) is 0 Å². The molecule has 24 heavy (non-hydrogen) atoms. The van der Waals surface area contributed by atoms with Gasteiger partial charge in [0, 0.05) is 24.0 Å². The number of amides is 1. The minimum Gasteiger partial charge on any atom is -0.348 e. The zero-order valence-corrected chi connectivity index (χ0v) is 13.5. The predicted molar refractivity (Wildman–Crippen MR) is 88.7 cm³/mol. The number of anilines is 1. The highest BCUT2D eigenvalue weighted by molar-refractivity contribution is 5.95. The molecule has 2 N–H and O–H groups in total. The van der Waals surface area contributed by atoms with E-state index < -0.39 is 0 Å². The van der Waals surface area contributed by atoms with Crippen molar-refractivity contribution in [2.75, 3.05) is 18.4 Å². The maximum absolute atomic E-state index is 13.2. The number of H-pyrrole nitrogens is 1. The predicted octanol–water partition coefficient (Wildman–Crippen LogP) is 2.79. The molecule has 2 aliphatic rings. The third-order valence-electron chi connectivity index (χ3n) is 5.38. The Bertz CT molecular complexity index is 722. The summed E-state index contributed by atoms with van der Waals surface area (Å²) >= 11 is 0. The van der Waals surface area contributed by atoms with Crippen molar-refractivity contribution in [3.63, 3.8) is 0 Å². The fraction of sp³-hybridized carbons (Fsp3) is 0.444. The fourth-order valence-electron chi connectivity index (χ4n) is 3.82. The average Bonchev–Trinajstić information content (AvgIpc) is 3.01. The highest BCUT2D eigenvalue weighted by Gasteiger charge is 2.58. The zero-order chi connectivity index (χ0) is 16.6. The first-order chi connectivity index (χ1) is 11.6. The summed E-state index contributed by atoms with van der Waals surface area (Å²) in [6, 6.07) is 6.07. The summed E-state index contributed by atoms with van der Waals surface area (Å²) < 4.78 is 13.2. The van der Waals surface area contributed by atoms with Crippen LogP contribution in [0, 0.1) is 17.2 Å². The third-order valence-corrected chi connectivity index (χ3v) is 5.38. The van der Waals surface area contributed by atoms with Crippen LogP contribution >= 0.6 is 0 Å². The van der Waals surface area contributed by atoms with Crippen LogP contribution in [-0.2, 0) is 11.3 Å². The van der Waals surface area contributed by atoms with Gasteiger partial charge in [-0.2, -0.15) is 0 Å². The van der Waals surface area contributed by atoms with E-state index in [0.717, 1.165) is 44.7 Å². The lowest BCUT2D eigenvalue weighted by molar-refractivity contribution is -0.118. The Balaban J connectivity index is 1.30. The van der Waals surface area contributed by atoms with Gasteiger partial charge in [0.2, 0.25) is 5.91 Å². The van der Waals surface area contributed by atoms with Crippen LogP contribution in [-0.4, -0.2) is 33.9 Å². The van der Waals surface area contributed by atoms with Crippen molar-refractivity contribution >= 4 is 11.6 Å². The molecule has 1 aliphatic heterocycles. The minimum absolute atomic E-state index is 0.0279. The summed E-state index contributed by atoms with van der Waals surface area (Å²) in [6.07, 6.45) is 6.63. The molecule has 0 radical (unpaired) electrons. The number of rotatable bonds is 4. The van der Waals surface area contributed by atoms with Crippen LogP contribution in [0.3, 0.4) is 0 Å². The monoisotopic (exact) mass is 328 g/mol. The van der Waals surface area contributed by atoms with Gasteiger partial charge in [0.05, 0.1) is 6.54 Å². The number of nitrogens with zero attached hydrogens (tertiary/aromatic N) is 2. The Hall–Kier alpha value is -2.21. The number of aromatic amines is 1. The highest BCUT2D eigenvalue weighted by Crippen LogP contribution is 2.59. The number of benzene rings is 1. The van der Waals surface area contributed by atoms with Crippen LogP contribution in [0.25, 0.3) is 0 Å². The summed E-state index contributed by atoms with van der Waals surface area (Å²) in [5.41, 5.74) is 0.689. The van der Waals surface area contributed by atoms with E-state index in [1.807, 2.05) is 6.20 Å². The van der Waals surface area contributed by atoms with Crippen molar-refractivity contribution in [2.45, 2.75) is 25.8 Å². The SMILES string of the molecule is O=C(Nc1cccc(F)c1)C1CC12CCN(Cc1ncc[nH]1)CC2. The molecular weight excluding hydrogens is 307 g/mol. The maximum atomic E-state index is 13.2. The summed E-state index contributed by atoms with van der Waals surface area (Å²) in [7, 11) is 0. The summed E-state index contributed by atoms with van der Waals surface area (Å²) in [6.45, 7) is 2.82. The number of aromatic nitrogens is 2. The Morgan fingerprint density at radius 1 is 1.42 bits per heavy atom. The number of likely N-dealkylation sites (tertiary alicyclic amines) is 1. The number of nitrogens with one attached hydrogen (secondary N) is 2. The molecule has 1 atom stereocenters. The Labute approximate surface area is 140 Å². The largest absolute Gasteiger partial charge is 0.348 e. The summed E-state index contributed by atoms with van der Waals surface area (Å²) in [5, 5.41) is 2.86. The lowest BCUT2D eigenvalue weighted by Gasteiger charge is -2.32. The molecule has 2 heterocycles. The van der Waals surface area contributed by atoms with Crippen LogP contribution in [0.15, 0.2) is 36.7 Å². The van der Waals surface area contributed by atoms with Crippen molar-refractivity contribution in [3.8, 4) is 0 Å². The van der Waals surface area contributed by atoms with Gasteiger partial charge in [-0.1, -0.05) is 6.07 Å². The normalized spacial score (nSPS) is 22.5. The number of halogens is 1. The van der Waals surface area contributed by atoms with Crippen LogP contribution in [0.4, 0.5) is 10.1 Å². The molecule has 126 valence electrons. The topological polar surface area (TPSA) is 61.0 Å². The van der Waals surface area contributed by atoms with Crippen LogP contribution in [0.5, 0.6) is 0 Å². The molecule has 4 rings (SSSR count). The van der Waals surface area contributed by atoms with Gasteiger partial charge in [-0.05, 0) is 56.0 Å². The molecule has 1 saturated heterocycles. The van der Waals surface area contributed by atoms with E-state index in [1.54, 1.807) is 18.3 Å². The van der Waals surface area contributed by atoms with Crippen molar-refractivity contribution in [3.05, 3.63) is 48.3 Å². The standard InChI is InChI=1S/C18H21FN4O/c19-13-2-1-3-14(10-13)22-17(24)15-11-18(15)4-8-23(9-5-18)12-16-20-6-7-21-16/h1-3,6-7,10,15H,4-5,8-9,11-12H2,(H,20,21)(H,22,24). The van der Waals surface area contributed by atoms with Crippen LogP contribution < -0.4 is 5.32 Å². The number of imidazole rings is 1. The van der Waals surface area contributed by atoms with E-state index in [0.29, 0.717) is 5.69 Å². The lowest BCUT2D eigenvalue weighted by Crippen LogP contribution is -2.36. The molecule has 5 nitrogen and oxygen atoms in total. The van der Waals surface area contributed by atoms with E-state index in [-0.39, 0.29) is 23.1 Å². The first kappa shape index (κ1) is 15.3. The smallest absolute Gasteiger partial charge is 0.228 e. The molecule has 0 bridgehead atoms. The molecule has 1 aliphatic carbocycles. The van der Waals surface area contributed by atoms with E-state index in [1.165, 1.54) is 12.1 Å². The van der Waals surface area contributed by atoms with Gasteiger partial charge < -0.3 is 10.3 Å². The molecule has 1 saturated carbocycles. The molecule has 1 spiro atoms. The quantitative estimate of drug-likeness (QED) is 0.907. The number of hydrogen-bond acceptors (Lipinski definition) is 3. The van der Waals surface area contributed by atoms with E-state index in [2.05, 4.69) is 20.2 Å². The van der Waals surface area contributed by atoms with Gasteiger partial charge >= 0.3 is 0 Å². The first-order valence-electron chi connectivity index (χ1n) is 8.42. The Morgan fingerprint density at radius 3 is 2.96 bits per heavy atom. The van der Waals surface area contributed by atoms with Gasteiger partial charge in [-0.25, -0.2) is 9.37 Å². The Morgan fingerprint density at radius 2 is 2.25 bits per heavy atom. The number of carbonyl (C=O) groups excluding carboxylic acids is 1. The molecule has 1 amide bonds. The third kappa shape index (κ3) is 3.06. The molecule has 1 aromatic carbocycles. The van der Waals surface area contributed by atoms with Gasteiger partial charge in [0.25, 0.3) is 0 Å². The molecule has 2 fully saturated rings. The number of carbonyl (C=O) groups is 1. The summed E-state index contributed by atoms with van der Waals surface area (Å²) in [5.74, 6) is 0.748. The fourth-order valence-corrected chi connectivity index (χ4v) is 3.82. The Kier molecular flexibility index (Phi) is 3.84. The van der Waals surface area contributed by atoms with E-state index in [9.17, 15) is 9.18 Å². The van der Waals surface area contributed by atoms with Gasteiger partial charge in [0.15, 0.2) is 0 Å². The molecule has 1 aromatic heterocycles. The van der Waals surface area contributed by atoms with Crippen molar-refractivity contribution in [1.29, 1.82) is 0 Å². The van der Waals surface area contributed by atoms with Crippen molar-refractivity contribution in [1.82, 2.24) is 14.9 Å².